The van der Waals surface area contributed by atoms with Crippen LogP contribution in [0, 0.1) is 0 Å². The highest BCUT2D eigenvalue weighted by Crippen LogP contribution is 2.23. The maximum Gasteiger partial charge on any atom is 0.191 e. The lowest BCUT2D eigenvalue weighted by Gasteiger charge is -2.25. The summed E-state index contributed by atoms with van der Waals surface area (Å²) in [6.45, 7) is 5.51. The monoisotopic (exact) mass is 446 g/mol. The summed E-state index contributed by atoms with van der Waals surface area (Å²) >= 11 is 0. The minimum atomic E-state index is -0.0690. The minimum absolute atomic E-state index is 0. The number of nitrogens with zero attached hydrogens (tertiary/aromatic N) is 2. The molecule has 1 unspecified atom stereocenters. The van der Waals surface area contributed by atoms with E-state index >= 15 is 0 Å². The molecular formula is C18H31IN4O. The molecule has 2 rings (SSSR count). The Hall–Kier alpha value is -0.860. The zero-order valence-electron chi connectivity index (χ0n) is 15.3. The summed E-state index contributed by atoms with van der Waals surface area (Å²) in [4.78, 5) is 6.50. The Morgan fingerprint density at radius 2 is 1.96 bits per heavy atom. The second-order valence-corrected chi connectivity index (χ2v) is 6.69. The van der Waals surface area contributed by atoms with Crippen molar-refractivity contribution in [2.75, 3.05) is 34.3 Å². The Morgan fingerprint density at radius 1 is 1.25 bits per heavy atom. The summed E-state index contributed by atoms with van der Waals surface area (Å²) in [5, 5.41) is 6.79. The van der Waals surface area contributed by atoms with E-state index in [1.54, 1.807) is 7.05 Å². The molecule has 1 saturated heterocycles. The lowest BCUT2D eigenvalue weighted by molar-refractivity contribution is 0.0243. The number of hydrogen-bond donors (Lipinski definition) is 2. The Kier molecular flexibility index (Phi) is 9.01. The normalized spacial score (nSPS) is 20.8. The van der Waals surface area contributed by atoms with Gasteiger partial charge in [-0.1, -0.05) is 24.3 Å². The third-order valence-corrected chi connectivity index (χ3v) is 4.21. The van der Waals surface area contributed by atoms with E-state index in [-0.39, 0.29) is 29.6 Å². The number of guanidine groups is 1. The molecule has 1 heterocycles. The van der Waals surface area contributed by atoms with E-state index in [1.807, 2.05) is 0 Å². The van der Waals surface area contributed by atoms with Crippen LogP contribution in [0.4, 0.5) is 0 Å². The fourth-order valence-corrected chi connectivity index (χ4v) is 2.87. The van der Waals surface area contributed by atoms with Crippen LogP contribution in [0.25, 0.3) is 0 Å². The van der Waals surface area contributed by atoms with Crippen molar-refractivity contribution in [3.05, 3.63) is 35.4 Å². The number of nitrogens with one attached hydrogen (secondary N) is 2. The summed E-state index contributed by atoms with van der Waals surface area (Å²) in [6, 6.07) is 8.52. The van der Waals surface area contributed by atoms with Gasteiger partial charge in [-0.15, -0.1) is 24.0 Å². The van der Waals surface area contributed by atoms with Gasteiger partial charge in [0.25, 0.3) is 0 Å². The van der Waals surface area contributed by atoms with Crippen LogP contribution in [0.3, 0.4) is 0 Å². The van der Waals surface area contributed by atoms with E-state index in [0.717, 1.165) is 45.0 Å². The van der Waals surface area contributed by atoms with Crippen molar-refractivity contribution in [2.45, 2.75) is 38.5 Å². The van der Waals surface area contributed by atoms with E-state index < -0.39 is 0 Å². The fraction of sp³-hybridized carbons (Fsp3) is 0.611. The quantitative estimate of drug-likeness (QED) is 0.401. The average molecular weight is 446 g/mol. The molecular weight excluding hydrogens is 415 g/mol. The number of benzene rings is 1. The molecule has 1 aromatic carbocycles. The number of rotatable bonds is 6. The van der Waals surface area contributed by atoms with Crippen molar-refractivity contribution in [1.82, 2.24) is 15.5 Å². The molecule has 0 saturated carbocycles. The second kappa shape index (κ2) is 10.2. The van der Waals surface area contributed by atoms with Crippen molar-refractivity contribution in [3.8, 4) is 0 Å². The van der Waals surface area contributed by atoms with Crippen molar-refractivity contribution in [1.29, 1.82) is 0 Å². The van der Waals surface area contributed by atoms with Gasteiger partial charge in [0.2, 0.25) is 0 Å². The summed E-state index contributed by atoms with van der Waals surface area (Å²) < 4.78 is 5.81. The number of ether oxygens (including phenoxy) is 1. The lowest BCUT2D eigenvalue weighted by atomic mass is 10.0. The zero-order chi connectivity index (χ0) is 16.7. The molecule has 24 heavy (non-hydrogen) atoms. The molecule has 0 aromatic heterocycles. The summed E-state index contributed by atoms with van der Waals surface area (Å²) in [6.07, 6.45) is 2.24. The van der Waals surface area contributed by atoms with Crippen molar-refractivity contribution in [3.63, 3.8) is 0 Å². The topological polar surface area (TPSA) is 48.9 Å². The minimum Gasteiger partial charge on any atom is -0.373 e. The van der Waals surface area contributed by atoms with Crippen LogP contribution in [0.1, 0.15) is 30.9 Å². The predicted molar refractivity (Wildman–Crippen MR) is 111 cm³/mol. The van der Waals surface area contributed by atoms with Crippen LogP contribution in [0.15, 0.2) is 29.3 Å². The molecule has 5 nitrogen and oxygen atoms in total. The molecule has 1 aromatic rings. The van der Waals surface area contributed by atoms with E-state index in [1.165, 1.54) is 11.1 Å². The molecule has 0 aliphatic carbocycles. The van der Waals surface area contributed by atoms with Crippen molar-refractivity contribution >= 4 is 29.9 Å². The predicted octanol–water partition coefficient (Wildman–Crippen LogP) is 2.60. The lowest BCUT2D eigenvalue weighted by Crippen LogP contribution is -2.45. The van der Waals surface area contributed by atoms with Gasteiger partial charge in [-0.05, 0) is 45.0 Å². The van der Waals surface area contributed by atoms with Crippen LogP contribution in [0.2, 0.25) is 0 Å². The Morgan fingerprint density at radius 3 is 2.54 bits per heavy atom. The van der Waals surface area contributed by atoms with Gasteiger partial charge in [0.05, 0.1) is 5.60 Å². The molecule has 2 N–H and O–H groups in total. The Labute approximate surface area is 163 Å². The van der Waals surface area contributed by atoms with Gasteiger partial charge in [0, 0.05) is 33.3 Å². The molecule has 6 heteroatoms. The highest BCUT2D eigenvalue weighted by Gasteiger charge is 2.29. The molecule has 0 amide bonds. The third-order valence-electron chi connectivity index (χ3n) is 4.21. The van der Waals surface area contributed by atoms with E-state index in [0.29, 0.717) is 0 Å². The van der Waals surface area contributed by atoms with Crippen molar-refractivity contribution < 1.29 is 4.74 Å². The number of halogens is 1. The van der Waals surface area contributed by atoms with Gasteiger partial charge >= 0.3 is 0 Å². The fourth-order valence-electron chi connectivity index (χ4n) is 2.87. The van der Waals surface area contributed by atoms with Gasteiger partial charge in [-0.25, -0.2) is 0 Å². The van der Waals surface area contributed by atoms with Gasteiger partial charge in [0.1, 0.15) is 0 Å². The Balaban J connectivity index is 0.00000288. The maximum absolute atomic E-state index is 5.81. The van der Waals surface area contributed by atoms with E-state index in [9.17, 15) is 0 Å². The first-order valence-corrected chi connectivity index (χ1v) is 8.32. The van der Waals surface area contributed by atoms with Crippen molar-refractivity contribution in [2.24, 2.45) is 4.99 Å². The summed E-state index contributed by atoms with van der Waals surface area (Å²) in [5.74, 6) is 0.821. The van der Waals surface area contributed by atoms with Crippen LogP contribution in [-0.2, 0) is 17.8 Å². The van der Waals surface area contributed by atoms with E-state index in [4.69, 9.17) is 4.74 Å². The zero-order valence-corrected chi connectivity index (χ0v) is 17.6. The molecule has 136 valence electrons. The summed E-state index contributed by atoms with van der Waals surface area (Å²) in [5.41, 5.74) is 2.57. The Bertz CT molecular complexity index is 528. The molecule has 1 aliphatic rings. The first-order valence-electron chi connectivity index (χ1n) is 8.32. The third kappa shape index (κ3) is 6.57. The van der Waals surface area contributed by atoms with Gasteiger partial charge < -0.3 is 20.3 Å². The number of aliphatic imine (C=N–C) groups is 1. The SMILES string of the molecule is CN=C(NCc1ccccc1CN(C)C)NCC1(C)CCCO1.I. The molecule has 1 atom stereocenters. The van der Waals surface area contributed by atoms with Crippen LogP contribution < -0.4 is 10.6 Å². The molecule has 0 radical (unpaired) electrons. The smallest absolute Gasteiger partial charge is 0.191 e. The average Bonchev–Trinajstić information content (AvgIpc) is 2.95. The van der Waals surface area contributed by atoms with Crippen LogP contribution in [0.5, 0.6) is 0 Å². The second-order valence-electron chi connectivity index (χ2n) is 6.69. The maximum atomic E-state index is 5.81. The highest BCUT2D eigenvalue weighted by molar-refractivity contribution is 14.0. The number of hydrogen-bond acceptors (Lipinski definition) is 3. The molecule has 1 fully saturated rings. The van der Waals surface area contributed by atoms with Gasteiger partial charge in [0.15, 0.2) is 5.96 Å². The van der Waals surface area contributed by atoms with Gasteiger partial charge in [-0.2, -0.15) is 0 Å². The van der Waals surface area contributed by atoms with Crippen LogP contribution in [-0.4, -0.2) is 50.8 Å². The van der Waals surface area contributed by atoms with Gasteiger partial charge in [-0.3, -0.25) is 4.99 Å². The molecule has 0 spiro atoms. The van der Waals surface area contributed by atoms with Crippen LogP contribution >= 0.6 is 24.0 Å². The largest absolute Gasteiger partial charge is 0.373 e. The standard InChI is InChI=1S/C18H30N4O.HI/c1-18(10-7-11-23-18)14-21-17(19-2)20-12-15-8-5-6-9-16(15)13-22(3)4;/h5-6,8-9H,7,10-14H2,1-4H3,(H2,19,20,21);1H. The first-order chi connectivity index (χ1) is 11.0. The van der Waals surface area contributed by atoms with E-state index in [2.05, 4.69) is 65.8 Å². The first kappa shape index (κ1) is 21.2. The molecule has 0 bridgehead atoms. The summed E-state index contributed by atoms with van der Waals surface area (Å²) in [7, 11) is 5.98. The highest BCUT2D eigenvalue weighted by atomic mass is 127. The molecule has 1 aliphatic heterocycles.